The number of para-hydroxylation sites is 1. The summed E-state index contributed by atoms with van der Waals surface area (Å²) in [6.45, 7) is 11.8. The van der Waals surface area contributed by atoms with Crippen LogP contribution >= 0.6 is 12.2 Å². The Hall–Kier alpha value is -1.29. The van der Waals surface area contributed by atoms with Crippen LogP contribution in [-0.2, 0) is 6.54 Å². The average molecular weight is 292 g/mol. The van der Waals surface area contributed by atoms with E-state index in [1.807, 2.05) is 26.0 Å². The van der Waals surface area contributed by atoms with Gasteiger partial charge in [-0.15, -0.1) is 0 Å². The smallest absolute Gasteiger partial charge is 0.178 e. The first-order valence-corrected chi connectivity index (χ1v) is 7.69. The van der Waals surface area contributed by atoms with Crippen LogP contribution in [0.2, 0.25) is 0 Å². The van der Waals surface area contributed by atoms with Gasteiger partial charge in [-0.2, -0.15) is 0 Å². The fourth-order valence-corrected chi connectivity index (χ4v) is 2.46. The fourth-order valence-electron chi connectivity index (χ4n) is 2.19. The highest BCUT2D eigenvalue weighted by Crippen LogP contribution is 2.27. The van der Waals surface area contributed by atoms with E-state index in [0.29, 0.717) is 11.8 Å². The van der Waals surface area contributed by atoms with Crippen LogP contribution in [-0.4, -0.2) is 15.7 Å². The van der Waals surface area contributed by atoms with E-state index >= 15 is 0 Å². The Morgan fingerprint density at radius 2 is 1.90 bits per heavy atom. The molecule has 20 heavy (non-hydrogen) atoms. The van der Waals surface area contributed by atoms with Gasteiger partial charge in [0.2, 0.25) is 0 Å². The van der Waals surface area contributed by atoms with Gasteiger partial charge in [-0.05, 0) is 50.0 Å². The molecule has 2 rings (SSSR count). The summed E-state index contributed by atoms with van der Waals surface area (Å²) in [5.74, 6) is 2.09. The fraction of sp³-hybridized carbons (Fsp3) is 0.562. The van der Waals surface area contributed by atoms with Crippen molar-refractivity contribution < 1.29 is 4.74 Å². The van der Waals surface area contributed by atoms with E-state index < -0.39 is 0 Å². The normalized spacial score (nSPS) is 13.3. The Balaban J connectivity index is 2.47. The molecule has 0 spiro atoms. The van der Waals surface area contributed by atoms with E-state index in [1.165, 1.54) is 0 Å². The van der Waals surface area contributed by atoms with Gasteiger partial charge >= 0.3 is 0 Å². The van der Waals surface area contributed by atoms with Crippen molar-refractivity contribution in [3.8, 4) is 5.75 Å². The molecule has 0 radical (unpaired) electrons. The van der Waals surface area contributed by atoms with Crippen LogP contribution < -0.4 is 4.74 Å². The van der Waals surface area contributed by atoms with Gasteiger partial charge in [0.15, 0.2) is 4.77 Å². The number of fused-ring (bicyclic) bond motifs is 1. The van der Waals surface area contributed by atoms with Gasteiger partial charge in [0.05, 0.1) is 11.6 Å². The summed E-state index contributed by atoms with van der Waals surface area (Å²) in [6.07, 6.45) is 0.153. The summed E-state index contributed by atoms with van der Waals surface area (Å²) >= 11 is 5.48. The monoisotopic (exact) mass is 292 g/mol. The molecule has 1 aromatic heterocycles. The van der Waals surface area contributed by atoms with Gasteiger partial charge < -0.3 is 14.3 Å². The lowest BCUT2D eigenvalue weighted by molar-refractivity contribution is 0.245. The van der Waals surface area contributed by atoms with Crippen molar-refractivity contribution >= 4 is 23.3 Å². The zero-order valence-corrected chi connectivity index (χ0v) is 13.8. The lowest BCUT2D eigenvalue weighted by Crippen LogP contribution is -2.13. The molecule has 1 N–H and O–H groups in total. The molecule has 1 heterocycles. The minimum Gasteiger partial charge on any atom is -0.489 e. The minimum absolute atomic E-state index is 0.153. The zero-order valence-electron chi connectivity index (χ0n) is 12.9. The Labute approximate surface area is 126 Å². The Morgan fingerprint density at radius 1 is 1.20 bits per heavy atom. The molecule has 0 saturated carbocycles. The van der Waals surface area contributed by atoms with Crippen molar-refractivity contribution in [3.63, 3.8) is 0 Å². The quantitative estimate of drug-likeness (QED) is 0.804. The third-order valence-electron chi connectivity index (χ3n) is 3.74. The standard InChI is InChI=1S/C16H24N2OS/c1-10(2)12(5)9-18-13-7-6-8-14(19-11(3)4)15(13)17-16(18)20/h6-8,10-12H,9H2,1-5H3,(H,17,20). The van der Waals surface area contributed by atoms with Crippen LogP contribution in [0.25, 0.3) is 11.0 Å². The lowest BCUT2D eigenvalue weighted by Gasteiger charge is -2.17. The van der Waals surface area contributed by atoms with Crippen LogP contribution in [0.5, 0.6) is 5.75 Å². The third kappa shape index (κ3) is 3.06. The van der Waals surface area contributed by atoms with E-state index in [2.05, 4.69) is 36.4 Å². The predicted octanol–water partition coefficient (Wildman–Crippen LogP) is 4.78. The molecule has 0 aliphatic heterocycles. The number of hydrogen-bond donors (Lipinski definition) is 1. The van der Waals surface area contributed by atoms with E-state index in [9.17, 15) is 0 Å². The Kier molecular flexibility index (Phi) is 4.53. The maximum atomic E-state index is 5.86. The van der Waals surface area contributed by atoms with Crippen LogP contribution in [0, 0.1) is 16.6 Å². The van der Waals surface area contributed by atoms with E-state index in [0.717, 1.165) is 28.1 Å². The first-order valence-electron chi connectivity index (χ1n) is 7.28. The largest absolute Gasteiger partial charge is 0.489 e. The number of aromatic amines is 1. The SMILES string of the molecule is CC(C)Oc1cccc2c1[nH]c(=S)n2CC(C)C(C)C. The highest BCUT2D eigenvalue weighted by Gasteiger charge is 2.14. The number of nitrogens with zero attached hydrogens (tertiary/aromatic N) is 1. The molecule has 110 valence electrons. The van der Waals surface area contributed by atoms with Crippen LogP contribution in [0.3, 0.4) is 0 Å². The second-order valence-corrected chi connectivity index (χ2v) is 6.47. The van der Waals surface area contributed by atoms with Crippen molar-refractivity contribution in [2.24, 2.45) is 11.8 Å². The van der Waals surface area contributed by atoms with Gasteiger partial charge in [0, 0.05) is 6.54 Å². The molecular formula is C16H24N2OS. The molecule has 1 unspecified atom stereocenters. The number of aromatic nitrogens is 2. The summed E-state index contributed by atoms with van der Waals surface area (Å²) < 4.78 is 8.81. The van der Waals surface area contributed by atoms with Crippen LogP contribution in [0.4, 0.5) is 0 Å². The summed E-state index contributed by atoms with van der Waals surface area (Å²) in [7, 11) is 0. The third-order valence-corrected chi connectivity index (χ3v) is 4.07. The first-order chi connectivity index (χ1) is 9.40. The highest BCUT2D eigenvalue weighted by molar-refractivity contribution is 7.71. The minimum atomic E-state index is 0.153. The number of ether oxygens (including phenoxy) is 1. The average Bonchev–Trinajstić information content (AvgIpc) is 2.67. The van der Waals surface area contributed by atoms with Crippen molar-refractivity contribution in [2.45, 2.75) is 47.3 Å². The first kappa shape index (κ1) is 15.1. The molecule has 0 bridgehead atoms. The maximum absolute atomic E-state index is 5.86. The summed E-state index contributed by atoms with van der Waals surface area (Å²) in [6, 6.07) is 6.12. The number of hydrogen-bond acceptors (Lipinski definition) is 2. The molecular weight excluding hydrogens is 268 g/mol. The van der Waals surface area contributed by atoms with Gasteiger partial charge in [-0.25, -0.2) is 0 Å². The number of rotatable bonds is 5. The van der Waals surface area contributed by atoms with E-state index in [4.69, 9.17) is 17.0 Å². The van der Waals surface area contributed by atoms with Gasteiger partial charge in [-0.1, -0.05) is 26.8 Å². The summed E-state index contributed by atoms with van der Waals surface area (Å²) in [5, 5.41) is 0. The Morgan fingerprint density at radius 3 is 2.50 bits per heavy atom. The summed E-state index contributed by atoms with van der Waals surface area (Å²) in [4.78, 5) is 3.30. The van der Waals surface area contributed by atoms with Crippen LogP contribution in [0.15, 0.2) is 18.2 Å². The molecule has 0 aliphatic rings. The second kappa shape index (κ2) is 6.00. The molecule has 0 fully saturated rings. The topological polar surface area (TPSA) is 29.9 Å². The number of H-pyrrole nitrogens is 1. The Bertz CT molecular complexity index is 639. The number of imidazole rings is 1. The zero-order chi connectivity index (χ0) is 14.9. The van der Waals surface area contributed by atoms with Crippen molar-refractivity contribution in [1.82, 2.24) is 9.55 Å². The molecule has 4 heteroatoms. The van der Waals surface area contributed by atoms with Gasteiger partial charge in [-0.3, -0.25) is 0 Å². The molecule has 3 nitrogen and oxygen atoms in total. The summed E-state index contributed by atoms with van der Waals surface area (Å²) in [5.41, 5.74) is 2.13. The van der Waals surface area contributed by atoms with E-state index in [-0.39, 0.29) is 6.10 Å². The second-order valence-electron chi connectivity index (χ2n) is 6.08. The van der Waals surface area contributed by atoms with Crippen molar-refractivity contribution in [2.75, 3.05) is 0 Å². The van der Waals surface area contributed by atoms with Crippen molar-refractivity contribution in [3.05, 3.63) is 23.0 Å². The van der Waals surface area contributed by atoms with E-state index in [1.54, 1.807) is 0 Å². The maximum Gasteiger partial charge on any atom is 0.178 e. The number of benzene rings is 1. The lowest BCUT2D eigenvalue weighted by atomic mass is 9.98. The molecule has 0 saturated heterocycles. The highest BCUT2D eigenvalue weighted by atomic mass is 32.1. The van der Waals surface area contributed by atoms with Crippen LogP contribution in [0.1, 0.15) is 34.6 Å². The molecule has 1 aromatic carbocycles. The molecule has 2 aromatic rings. The molecule has 0 amide bonds. The molecule has 1 atom stereocenters. The van der Waals surface area contributed by atoms with Gasteiger partial charge in [0.25, 0.3) is 0 Å². The number of nitrogens with one attached hydrogen (secondary N) is 1. The predicted molar refractivity (Wildman–Crippen MR) is 86.9 cm³/mol. The van der Waals surface area contributed by atoms with Crippen molar-refractivity contribution in [1.29, 1.82) is 0 Å². The molecule has 0 aliphatic carbocycles. The van der Waals surface area contributed by atoms with Gasteiger partial charge in [0.1, 0.15) is 11.3 Å².